The van der Waals surface area contributed by atoms with Gasteiger partial charge in [0.05, 0.1) is 21.6 Å². The lowest BCUT2D eigenvalue weighted by Crippen LogP contribution is -2.49. The molecule has 42 heavy (non-hydrogen) atoms. The van der Waals surface area contributed by atoms with E-state index in [1.165, 1.54) is 36.8 Å². The van der Waals surface area contributed by atoms with E-state index in [-0.39, 0.29) is 11.3 Å². The molecule has 0 spiro atoms. The number of benzene rings is 3. The van der Waals surface area contributed by atoms with Gasteiger partial charge in [-0.15, -0.1) is 0 Å². The number of rotatable bonds is 6. The van der Waals surface area contributed by atoms with Crippen molar-refractivity contribution < 1.29 is 4.79 Å². The summed E-state index contributed by atoms with van der Waals surface area (Å²) in [6, 6.07) is 26.6. The minimum Gasteiger partial charge on any atom is -0.398 e. The van der Waals surface area contributed by atoms with E-state index in [1.54, 1.807) is 18.2 Å². The Hall–Kier alpha value is -3.35. The van der Waals surface area contributed by atoms with Crippen molar-refractivity contribution in [1.29, 1.82) is 0 Å². The predicted octanol–water partition coefficient (Wildman–Crippen LogP) is 7.01. The second kappa shape index (κ2) is 11.1. The molecule has 2 bridgehead atoms. The van der Waals surface area contributed by atoms with Crippen LogP contribution in [0.25, 0.3) is 11.0 Å². The van der Waals surface area contributed by atoms with Crippen molar-refractivity contribution in [3.8, 4) is 0 Å². The predicted molar refractivity (Wildman–Crippen MR) is 170 cm³/mol. The van der Waals surface area contributed by atoms with Gasteiger partial charge in [-0.05, 0) is 93.7 Å². The maximum absolute atomic E-state index is 13.5. The molecule has 2 N–H and O–H groups in total. The number of nitrogen functional groups attached to an aromatic ring is 1. The number of halogens is 1. The molecule has 3 saturated heterocycles. The fourth-order valence-corrected chi connectivity index (χ4v) is 8.59. The Morgan fingerprint density at radius 2 is 1.62 bits per heavy atom. The number of carbonyl (C=O) groups is 1. The number of carbonyl (C=O) groups excluding carboxylic acids is 1. The highest BCUT2D eigenvalue weighted by Gasteiger charge is 2.44. The molecular formula is C35H40ClN5O. The first-order valence-electron chi connectivity index (χ1n) is 15.5. The molecule has 0 aliphatic carbocycles. The third kappa shape index (κ3) is 4.79. The van der Waals surface area contributed by atoms with Crippen molar-refractivity contribution in [2.45, 2.75) is 75.4 Å². The van der Waals surface area contributed by atoms with E-state index in [0.29, 0.717) is 47.5 Å². The van der Waals surface area contributed by atoms with Crippen molar-refractivity contribution >= 4 is 34.2 Å². The number of para-hydroxylation sites is 2. The van der Waals surface area contributed by atoms with Crippen molar-refractivity contribution in [1.82, 2.24) is 19.4 Å². The highest BCUT2D eigenvalue weighted by molar-refractivity contribution is 6.34. The van der Waals surface area contributed by atoms with E-state index in [0.717, 1.165) is 37.1 Å². The molecule has 6 nitrogen and oxygen atoms in total. The van der Waals surface area contributed by atoms with Gasteiger partial charge in [0.15, 0.2) is 0 Å². The Morgan fingerprint density at radius 1 is 0.929 bits per heavy atom. The van der Waals surface area contributed by atoms with Gasteiger partial charge in [0, 0.05) is 36.9 Å². The average molecular weight is 582 g/mol. The monoisotopic (exact) mass is 581 g/mol. The molecule has 3 aliphatic heterocycles. The van der Waals surface area contributed by atoms with Gasteiger partial charge in [-0.1, -0.05) is 60.1 Å². The van der Waals surface area contributed by atoms with Crippen LogP contribution < -0.4 is 5.73 Å². The van der Waals surface area contributed by atoms with Crippen molar-refractivity contribution in [2.75, 3.05) is 25.4 Å². The number of hydrogen-bond acceptors (Lipinski definition) is 4. The number of imidazole rings is 1. The van der Waals surface area contributed by atoms with Crippen LogP contribution in [-0.4, -0.2) is 57.0 Å². The molecule has 4 heterocycles. The number of anilines is 1. The molecular weight excluding hydrogens is 542 g/mol. The molecule has 1 unspecified atom stereocenters. The van der Waals surface area contributed by atoms with E-state index in [4.69, 9.17) is 22.3 Å². The number of amides is 1. The second-order valence-corrected chi connectivity index (χ2v) is 13.1. The Balaban J connectivity index is 1.07. The highest BCUT2D eigenvalue weighted by Crippen LogP contribution is 2.45. The lowest BCUT2D eigenvalue weighted by Gasteiger charge is -2.45. The van der Waals surface area contributed by atoms with Gasteiger partial charge in [0.2, 0.25) is 0 Å². The highest BCUT2D eigenvalue weighted by atomic mass is 35.5. The van der Waals surface area contributed by atoms with Gasteiger partial charge in [-0.3, -0.25) is 9.69 Å². The maximum atomic E-state index is 13.5. The summed E-state index contributed by atoms with van der Waals surface area (Å²) in [6.45, 7) is 4.68. The number of aryl methyl sites for hydroxylation is 1. The quantitative estimate of drug-likeness (QED) is 0.249. The molecule has 3 aliphatic rings. The number of hydrogen-bond donors (Lipinski definition) is 1. The molecule has 1 aromatic heterocycles. The molecule has 218 valence electrons. The minimum absolute atomic E-state index is 0.0531. The Morgan fingerprint density at radius 3 is 2.33 bits per heavy atom. The van der Waals surface area contributed by atoms with Gasteiger partial charge >= 0.3 is 0 Å². The van der Waals surface area contributed by atoms with E-state index in [1.807, 2.05) is 4.90 Å². The Bertz CT molecular complexity index is 1560. The number of fused-ring (bicyclic) bond motifs is 3. The second-order valence-electron chi connectivity index (χ2n) is 12.7. The minimum atomic E-state index is -0.0535. The Kier molecular flexibility index (Phi) is 7.23. The number of nitrogens with zero attached hydrogens (tertiary/aromatic N) is 4. The van der Waals surface area contributed by atoms with Crippen molar-refractivity contribution in [3.05, 3.63) is 94.8 Å². The molecule has 3 fully saturated rings. The summed E-state index contributed by atoms with van der Waals surface area (Å²) in [5.74, 6) is 1.08. The average Bonchev–Trinajstić information content (AvgIpc) is 3.47. The van der Waals surface area contributed by atoms with Crippen molar-refractivity contribution in [2.24, 2.45) is 0 Å². The van der Waals surface area contributed by atoms with Gasteiger partial charge in [-0.25, -0.2) is 4.98 Å². The van der Waals surface area contributed by atoms with Gasteiger partial charge < -0.3 is 15.2 Å². The molecule has 3 aromatic carbocycles. The molecule has 3 atom stereocenters. The summed E-state index contributed by atoms with van der Waals surface area (Å²) in [6.07, 6.45) is 7.95. The largest absolute Gasteiger partial charge is 0.398 e. The van der Waals surface area contributed by atoms with E-state index in [2.05, 4.69) is 71.0 Å². The summed E-state index contributed by atoms with van der Waals surface area (Å²) in [5.41, 5.74) is 10.9. The smallest absolute Gasteiger partial charge is 0.257 e. The molecule has 7 heteroatoms. The maximum Gasteiger partial charge on any atom is 0.257 e. The summed E-state index contributed by atoms with van der Waals surface area (Å²) in [4.78, 5) is 23.1. The third-order valence-electron chi connectivity index (χ3n) is 10.5. The van der Waals surface area contributed by atoms with Crippen LogP contribution in [0.2, 0.25) is 5.02 Å². The molecule has 0 saturated carbocycles. The zero-order chi connectivity index (χ0) is 28.8. The normalized spacial score (nSPS) is 23.9. The van der Waals surface area contributed by atoms with E-state index < -0.39 is 0 Å². The van der Waals surface area contributed by atoms with E-state index in [9.17, 15) is 4.79 Å². The number of piperidine rings is 2. The fraction of sp³-hybridized carbons (Fsp3) is 0.429. The number of nitrogens with two attached hydrogens (primary N) is 1. The lowest BCUT2D eigenvalue weighted by atomic mass is 9.70. The standard InChI is InChI=1S/C35H40ClN5O/c1-24-38-31-12-5-6-13-32(31)41(24)28-22-26-14-15-27(23-28)40(26)21-18-35(25-8-3-2-4-9-25)16-19-39(20-17-35)34(42)33-29(36)10-7-11-30(33)37/h2-13,26-28H,14-23,37H2,1H3/t26-,27+,28?. The topological polar surface area (TPSA) is 67.4 Å². The lowest BCUT2D eigenvalue weighted by molar-refractivity contribution is 0.0608. The first-order valence-corrected chi connectivity index (χ1v) is 15.9. The van der Waals surface area contributed by atoms with Gasteiger partial charge in [0.25, 0.3) is 5.91 Å². The van der Waals surface area contributed by atoms with Gasteiger partial charge in [0.1, 0.15) is 5.82 Å². The first-order chi connectivity index (χ1) is 20.4. The summed E-state index contributed by atoms with van der Waals surface area (Å²) >= 11 is 6.41. The van der Waals surface area contributed by atoms with Crippen LogP contribution >= 0.6 is 11.6 Å². The van der Waals surface area contributed by atoms with Gasteiger partial charge in [-0.2, -0.15) is 0 Å². The number of aromatic nitrogens is 2. The zero-order valence-corrected chi connectivity index (χ0v) is 25.1. The van der Waals surface area contributed by atoms with Crippen LogP contribution in [0.5, 0.6) is 0 Å². The zero-order valence-electron chi connectivity index (χ0n) is 24.4. The molecule has 0 radical (unpaired) electrons. The summed E-state index contributed by atoms with van der Waals surface area (Å²) < 4.78 is 2.52. The molecule has 7 rings (SSSR count). The molecule has 4 aromatic rings. The van der Waals surface area contributed by atoms with Crippen LogP contribution in [0.4, 0.5) is 5.69 Å². The van der Waals surface area contributed by atoms with Crippen LogP contribution in [0.3, 0.4) is 0 Å². The molecule has 1 amide bonds. The number of likely N-dealkylation sites (tertiary alicyclic amines) is 1. The summed E-state index contributed by atoms with van der Waals surface area (Å²) in [5, 5.41) is 0.428. The van der Waals surface area contributed by atoms with Crippen LogP contribution in [0.1, 0.15) is 72.7 Å². The first kappa shape index (κ1) is 27.5. The Labute approximate surface area is 253 Å². The van der Waals surface area contributed by atoms with Crippen molar-refractivity contribution in [3.63, 3.8) is 0 Å². The third-order valence-corrected chi connectivity index (χ3v) is 10.8. The van der Waals surface area contributed by atoms with E-state index >= 15 is 0 Å². The SMILES string of the molecule is Cc1nc2ccccc2n1C1C[C@H]2CC[C@@H](C1)N2CCC1(c2ccccc2)CCN(C(=O)c2c(N)cccc2Cl)CC1. The fourth-order valence-electron chi connectivity index (χ4n) is 8.33. The van der Waals surface area contributed by atoms with Crippen LogP contribution in [0.15, 0.2) is 72.8 Å². The van der Waals surface area contributed by atoms with Crippen LogP contribution in [-0.2, 0) is 5.41 Å². The van der Waals surface area contributed by atoms with Crippen LogP contribution in [0, 0.1) is 6.92 Å². The summed E-state index contributed by atoms with van der Waals surface area (Å²) in [7, 11) is 0.